The smallest absolute Gasteiger partial charge is 0.358 e. The molecule has 3 aromatic rings. The Balaban J connectivity index is 2.01. The predicted molar refractivity (Wildman–Crippen MR) is 96.5 cm³/mol. The van der Waals surface area contributed by atoms with Crippen molar-refractivity contribution in [3.8, 4) is 5.69 Å². The maximum Gasteiger partial charge on any atom is 0.358 e. The third-order valence-corrected chi connectivity index (χ3v) is 4.10. The number of halogens is 1. The molecule has 0 aliphatic heterocycles. The molecule has 0 radical (unpaired) electrons. The highest BCUT2D eigenvalue weighted by Crippen LogP contribution is 2.19. The van der Waals surface area contributed by atoms with Gasteiger partial charge in [0.2, 0.25) is 0 Å². The van der Waals surface area contributed by atoms with Crippen LogP contribution in [0.15, 0.2) is 65.3 Å². The molecule has 0 saturated heterocycles. The van der Waals surface area contributed by atoms with Gasteiger partial charge in [0.05, 0.1) is 6.61 Å². The molecule has 1 heterocycles. The van der Waals surface area contributed by atoms with Crippen LogP contribution in [-0.2, 0) is 11.2 Å². The molecule has 0 bridgehead atoms. The van der Waals surface area contributed by atoms with E-state index in [9.17, 15) is 4.79 Å². The summed E-state index contributed by atoms with van der Waals surface area (Å²) in [6, 6.07) is 18.0. The van der Waals surface area contributed by atoms with Crippen LogP contribution in [0, 0.1) is 0 Å². The van der Waals surface area contributed by atoms with Gasteiger partial charge in [-0.1, -0.05) is 46.3 Å². The zero-order chi connectivity index (χ0) is 16.9. The molecule has 0 N–H and O–H groups in total. The Kier molecular flexibility index (Phi) is 5.11. The third kappa shape index (κ3) is 3.74. The maximum absolute atomic E-state index is 12.0. The number of imidazole rings is 1. The van der Waals surface area contributed by atoms with Gasteiger partial charge in [0.1, 0.15) is 5.82 Å². The van der Waals surface area contributed by atoms with Gasteiger partial charge in [-0.15, -0.1) is 0 Å². The minimum absolute atomic E-state index is 0.325. The molecule has 0 atom stereocenters. The number of carbonyl (C=O) groups excluding carboxylic acids is 1. The Labute approximate surface area is 149 Å². The van der Waals surface area contributed by atoms with Gasteiger partial charge in [-0.2, -0.15) is 0 Å². The Morgan fingerprint density at radius 1 is 1.12 bits per heavy atom. The second kappa shape index (κ2) is 7.45. The van der Waals surface area contributed by atoms with E-state index in [4.69, 9.17) is 4.74 Å². The topological polar surface area (TPSA) is 44.1 Å². The first-order valence-electron chi connectivity index (χ1n) is 7.72. The summed E-state index contributed by atoms with van der Waals surface area (Å²) in [5.74, 6) is 0.397. The lowest BCUT2D eigenvalue weighted by molar-refractivity contribution is 0.0520. The lowest BCUT2D eigenvalue weighted by atomic mass is 10.1. The van der Waals surface area contributed by atoms with Gasteiger partial charge in [0.25, 0.3) is 0 Å². The van der Waals surface area contributed by atoms with E-state index in [0.29, 0.717) is 18.7 Å². The number of aromatic nitrogens is 2. The molecule has 122 valence electrons. The number of ether oxygens (including phenoxy) is 1. The Bertz CT molecular complexity index is 826. The number of carbonyl (C=O) groups is 1. The van der Waals surface area contributed by atoms with Crippen LogP contribution in [0.25, 0.3) is 5.69 Å². The Hall–Kier alpha value is -2.40. The van der Waals surface area contributed by atoms with Gasteiger partial charge in [0, 0.05) is 22.8 Å². The van der Waals surface area contributed by atoms with Gasteiger partial charge < -0.3 is 9.30 Å². The van der Waals surface area contributed by atoms with Crippen molar-refractivity contribution in [2.45, 2.75) is 13.3 Å². The zero-order valence-electron chi connectivity index (χ0n) is 13.3. The fourth-order valence-corrected chi connectivity index (χ4v) is 2.71. The number of esters is 1. The molecule has 0 saturated carbocycles. The van der Waals surface area contributed by atoms with Gasteiger partial charge >= 0.3 is 5.97 Å². The van der Waals surface area contributed by atoms with Crippen LogP contribution in [-0.4, -0.2) is 22.1 Å². The maximum atomic E-state index is 12.0. The minimum Gasteiger partial charge on any atom is -0.461 e. The Morgan fingerprint density at radius 3 is 2.50 bits per heavy atom. The average molecular weight is 385 g/mol. The van der Waals surface area contributed by atoms with Crippen molar-refractivity contribution in [1.82, 2.24) is 9.55 Å². The van der Waals surface area contributed by atoms with Crippen LogP contribution < -0.4 is 0 Å². The number of hydrogen-bond acceptors (Lipinski definition) is 3. The highest BCUT2D eigenvalue weighted by molar-refractivity contribution is 9.10. The highest BCUT2D eigenvalue weighted by atomic mass is 79.9. The van der Waals surface area contributed by atoms with Crippen molar-refractivity contribution in [3.63, 3.8) is 0 Å². The number of benzene rings is 2. The van der Waals surface area contributed by atoms with Crippen molar-refractivity contribution in [2.24, 2.45) is 0 Å². The van der Waals surface area contributed by atoms with Crippen LogP contribution in [0.5, 0.6) is 0 Å². The van der Waals surface area contributed by atoms with E-state index in [2.05, 4.69) is 20.9 Å². The van der Waals surface area contributed by atoms with E-state index in [1.54, 1.807) is 13.1 Å². The lowest BCUT2D eigenvalue weighted by Gasteiger charge is -2.08. The second-order valence-electron chi connectivity index (χ2n) is 5.27. The molecule has 0 amide bonds. The molecule has 2 aromatic carbocycles. The van der Waals surface area contributed by atoms with E-state index >= 15 is 0 Å². The molecule has 4 nitrogen and oxygen atoms in total. The standard InChI is InChI=1S/C19H17BrN2O2/c1-2-24-19(23)17-13-22(16-10-8-15(20)9-11-16)18(21-17)12-14-6-4-3-5-7-14/h3-11,13H,2,12H2,1H3. The quantitative estimate of drug-likeness (QED) is 0.612. The van der Waals surface area contributed by atoms with Crippen molar-refractivity contribution in [3.05, 3.63) is 82.3 Å². The number of hydrogen-bond donors (Lipinski definition) is 0. The largest absolute Gasteiger partial charge is 0.461 e. The molecule has 5 heteroatoms. The van der Waals surface area contributed by atoms with Crippen LogP contribution in [0.1, 0.15) is 28.8 Å². The summed E-state index contributed by atoms with van der Waals surface area (Å²) in [6.45, 7) is 2.12. The van der Waals surface area contributed by atoms with E-state index in [1.807, 2.05) is 59.2 Å². The molecule has 0 spiro atoms. The van der Waals surface area contributed by atoms with Crippen LogP contribution in [0.3, 0.4) is 0 Å². The molecule has 24 heavy (non-hydrogen) atoms. The Morgan fingerprint density at radius 2 is 1.83 bits per heavy atom. The normalized spacial score (nSPS) is 10.6. The molecule has 0 fully saturated rings. The van der Waals surface area contributed by atoms with E-state index in [-0.39, 0.29) is 0 Å². The van der Waals surface area contributed by atoms with Crippen LogP contribution >= 0.6 is 15.9 Å². The van der Waals surface area contributed by atoms with Crippen molar-refractivity contribution in [2.75, 3.05) is 6.61 Å². The lowest BCUT2D eigenvalue weighted by Crippen LogP contribution is -2.05. The van der Waals surface area contributed by atoms with Crippen molar-refractivity contribution >= 4 is 21.9 Å². The van der Waals surface area contributed by atoms with Gasteiger partial charge in [0.15, 0.2) is 5.69 Å². The first-order valence-corrected chi connectivity index (χ1v) is 8.52. The molecule has 0 aliphatic carbocycles. The highest BCUT2D eigenvalue weighted by Gasteiger charge is 2.16. The summed E-state index contributed by atoms with van der Waals surface area (Å²) >= 11 is 3.44. The number of rotatable bonds is 5. The first-order chi connectivity index (χ1) is 11.7. The SMILES string of the molecule is CCOC(=O)c1cn(-c2ccc(Br)cc2)c(Cc2ccccc2)n1. The van der Waals surface area contributed by atoms with E-state index in [0.717, 1.165) is 21.5 Å². The fourth-order valence-electron chi connectivity index (χ4n) is 2.45. The van der Waals surface area contributed by atoms with Crippen molar-refractivity contribution < 1.29 is 9.53 Å². The summed E-state index contributed by atoms with van der Waals surface area (Å²) < 4.78 is 8.02. The third-order valence-electron chi connectivity index (χ3n) is 3.57. The van der Waals surface area contributed by atoms with Crippen LogP contribution in [0.2, 0.25) is 0 Å². The minimum atomic E-state index is -0.400. The number of nitrogens with zero attached hydrogens (tertiary/aromatic N) is 2. The molecule has 0 aliphatic rings. The molecular weight excluding hydrogens is 368 g/mol. The zero-order valence-corrected chi connectivity index (χ0v) is 14.9. The summed E-state index contributed by atoms with van der Waals surface area (Å²) in [4.78, 5) is 16.5. The molecule has 1 aromatic heterocycles. The second-order valence-corrected chi connectivity index (χ2v) is 6.19. The first kappa shape index (κ1) is 16.5. The van der Waals surface area contributed by atoms with E-state index in [1.165, 1.54) is 0 Å². The van der Waals surface area contributed by atoms with E-state index < -0.39 is 5.97 Å². The monoisotopic (exact) mass is 384 g/mol. The van der Waals surface area contributed by atoms with Crippen LogP contribution in [0.4, 0.5) is 0 Å². The van der Waals surface area contributed by atoms with Crippen molar-refractivity contribution in [1.29, 1.82) is 0 Å². The molecule has 3 rings (SSSR count). The fraction of sp³-hybridized carbons (Fsp3) is 0.158. The van der Waals surface area contributed by atoms with Gasteiger partial charge in [-0.3, -0.25) is 0 Å². The molecule has 0 unspecified atom stereocenters. The summed E-state index contributed by atoms with van der Waals surface area (Å²) in [6.07, 6.45) is 2.37. The molecular formula is C19H17BrN2O2. The summed E-state index contributed by atoms with van der Waals surface area (Å²) in [5.41, 5.74) is 2.41. The summed E-state index contributed by atoms with van der Waals surface area (Å²) in [5, 5.41) is 0. The van der Waals surface area contributed by atoms with Gasteiger partial charge in [-0.05, 0) is 36.8 Å². The summed E-state index contributed by atoms with van der Waals surface area (Å²) in [7, 11) is 0. The predicted octanol–water partition coefficient (Wildman–Crippen LogP) is 4.40. The van der Waals surface area contributed by atoms with Gasteiger partial charge in [-0.25, -0.2) is 9.78 Å². The average Bonchev–Trinajstić information content (AvgIpc) is 3.01.